The van der Waals surface area contributed by atoms with E-state index in [4.69, 9.17) is 0 Å². The molecule has 1 aliphatic heterocycles. The SMILES string of the molecule is CC1(C)CNC(=O)c2nc(-c3ccc(F)cc3F)[nH]c2C1. The number of amides is 1. The van der Waals surface area contributed by atoms with Gasteiger partial charge in [-0.1, -0.05) is 13.8 Å². The van der Waals surface area contributed by atoms with Crippen molar-refractivity contribution in [2.24, 2.45) is 5.41 Å². The first-order chi connectivity index (χ1) is 9.85. The molecule has 21 heavy (non-hydrogen) atoms. The van der Waals surface area contributed by atoms with E-state index in [2.05, 4.69) is 15.3 Å². The van der Waals surface area contributed by atoms with Crippen molar-refractivity contribution < 1.29 is 13.6 Å². The largest absolute Gasteiger partial charge is 0.350 e. The molecule has 2 aromatic rings. The second kappa shape index (κ2) is 4.65. The highest BCUT2D eigenvalue weighted by molar-refractivity contribution is 5.94. The molecule has 0 unspecified atom stereocenters. The van der Waals surface area contributed by atoms with Gasteiger partial charge in [0.2, 0.25) is 0 Å². The van der Waals surface area contributed by atoms with E-state index in [-0.39, 0.29) is 28.4 Å². The normalized spacial score (nSPS) is 17.0. The molecule has 0 saturated carbocycles. The van der Waals surface area contributed by atoms with E-state index < -0.39 is 11.6 Å². The van der Waals surface area contributed by atoms with Crippen LogP contribution in [0.3, 0.4) is 0 Å². The fourth-order valence-corrected chi connectivity index (χ4v) is 2.48. The number of benzene rings is 1. The summed E-state index contributed by atoms with van der Waals surface area (Å²) in [7, 11) is 0. The Labute approximate surface area is 120 Å². The van der Waals surface area contributed by atoms with Crippen LogP contribution in [0.4, 0.5) is 8.78 Å². The van der Waals surface area contributed by atoms with Crippen molar-refractivity contribution >= 4 is 5.91 Å². The van der Waals surface area contributed by atoms with Crippen LogP contribution >= 0.6 is 0 Å². The average molecular weight is 291 g/mol. The van der Waals surface area contributed by atoms with Crippen LogP contribution < -0.4 is 5.32 Å². The maximum absolute atomic E-state index is 13.8. The molecule has 0 radical (unpaired) electrons. The van der Waals surface area contributed by atoms with E-state index in [1.165, 1.54) is 6.07 Å². The number of aromatic amines is 1. The molecule has 3 rings (SSSR count). The van der Waals surface area contributed by atoms with Crippen LogP contribution in [0, 0.1) is 17.0 Å². The summed E-state index contributed by atoms with van der Waals surface area (Å²) in [6.45, 7) is 4.61. The Bertz CT molecular complexity index is 722. The minimum atomic E-state index is -0.710. The van der Waals surface area contributed by atoms with E-state index in [0.717, 1.165) is 12.1 Å². The molecular weight excluding hydrogens is 276 g/mol. The lowest BCUT2D eigenvalue weighted by Gasteiger charge is -2.21. The van der Waals surface area contributed by atoms with Crippen molar-refractivity contribution in [1.82, 2.24) is 15.3 Å². The fraction of sp³-hybridized carbons (Fsp3) is 0.333. The number of aromatic nitrogens is 2. The number of fused-ring (bicyclic) bond motifs is 1. The first-order valence-corrected chi connectivity index (χ1v) is 6.68. The number of rotatable bonds is 1. The van der Waals surface area contributed by atoms with Gasteiger partial charge in [0, 0.05) is 18.3 Å². The Morgan fingerprint density at radius 2 is 2.05 bits per heavy atom. The van der Waals surface area contributed by atoms with Gasteiger partial charge in [0.05, 0.1) is 5.56 Å². The van der Waals surface area contributed by atoms with Crippen molar-refractivity contribution in [1.29, 1.82) is 0 Å². The molecule has 2 N–H and O–H groups in total. The maximum atomic E-state index is 13.8. The third-order valence-corrected chi connectivity index (χ3v) is 3.56. The van der Waals surface area contributed by atoms with Crippen LogP contribution in [0.1, 0.15) is 30.0 Å². The molecule has 2 heterocycles. The zero-order valence-electron chi connectivity index (χ0n) is 11.8. The van der Waals surface area contributed by atoms with Gasteiger partial charge in [-0.05, 0) is 24.0 Å². The second-order valence-corrected chi connectivity index (χ2v) is 6.06. The zero-order valence-corrected chi connectivity index (χ0v) is 11.8. The molecule has 110 valence electrons. The molecule has 4 nitrogen and oxygen atoms in total. The van der Waals surface area contributed by atoms with Gasteiger partial charge in [-0.25, -0.2) is 13.8 Å². The molecule has 0 atom stereocenters. The van der Waals surface area contributed by atoms with Gasteiger partial charge in [0.25, 0.3) is 5.91 Å². The molecule has 1 aromatic heterocycles. The molecule has 0 fully saturated rings. The third-order valence-electron chi connectivity index (χ3n) is 3.56. The Hall–Kier alpha value is -2.24. The molecule has 0 saturated heterocycles. The molecule has 0 aliphatic carbocycles. The smallest absolute Gasteiger partial charge is 0.271 e. The maximum Gasteiger partial charge on any atom is 0.271 e. The van der Waals surface area contributed by atoms with Crippen molar-refractivity contribution in [3.63, 3.8) is 0 Å². The lowest BCUT2D eigenvalue weighted by molar-refractivity contribution is 0.0940. The summed E-state index contributed by atoms with van der Waals surface area (Å²) in [5.41, 5.74) is 0.981. The van der Waals surface area contributed by atoms with Crippen molar-refractivity contribution in [3.8, 4) is 11.4 Å². The quantitative estimate of drug-likeness (QED) is 0.848. The molecule has 0 bridgehead atoms. The van der Waals surface area contributed by atoms with E-state index in [0.29, 0.717) is 18.7 Å². The van der Waals surface area contributed by atoms with Crippen LogP contribution in [0.15, 0.2) is 18.2 Å². The molecule has 1 amide bonds. The van der Waals surface area contributed by atoms with Gasteiger partial charge in [0.15, 0.2) is 0 Å². The van der Waals surface area contributed by atoms with Crippen molar-refractivity contribution in [3.05, 3.63) is 41.2 Å². The molecule has 1 aliphatic rings. The van der Waals surface area contributed by atoms with Gasteiger partial charge >= 0.3 is 0 Å². The predicted octanol–water partition coefficient (Wildman–Crippen LogP) is 2.67. The molecule has 0 spiro atoms. The van der Waals surface area contributed by atoms with Crippen molar-refractivity contribution in [2.75, 3.05) is 6.54 Å². The number of nitrogens with one attached hydrogen (secondary N) is 2. The monoisotopic (exact) mass is 291 g/mol. The summed E-state index contributed by atoms with van der Waals surface area (Å²) in [5.74, 6) is -1.40. The van der Waals surface area contributed by atoms with Gasteiger partial charge in [0.1, 0.15) is 23.2 Å². The van der Waals surface area contributed by atoms with Crippen LogP contribution in [0.5, 0.6) is 0 Å². The van der Waals surface area contributed by atoms with Gasteiger partial charge < -0.3 is 10.3 Å². The molecular formula is C15H15F2N3O. The van der Waals surface area contributed by atoms with Crippen LogP contribution in [0.25, 0.3) is 11.4 Å². The lowest BCUT2D eigenvalue weighted by atomic mass is 9.88. The number of nitrogens with zero attached hydrogens (tertiary/aromatic N) is 1. The van der Waals surface area contributed by atoms with E-state index in [1.807, 2.05) is 13.8 Å². The molecule has 6 heteroatoms. The number of halogens is 2. The first kappa shape index (κ1) is 13.7. The molecule has 1 aromatic carbocycles. The van der Waals surface area contributed by atoms with Gasteiger partial charge in [-0.3, -0.25) is 4.79 Å². The van der Waals surface area contributed by atoms with Crippen LogP contribution in [-0.2, 0) is 6.42 Å². The third kappa shape index (κ3) is 2.53. The summed E-state index contributed by atoms with van der Waals surface area (Å²) in [5, 5.41) is 2.80. The highest BCUT2D eigenvalue weighted by Gasteiger charge is 2.30. The van der Waals surface area contributed by atoms with Gasteiger partial charge in [-0.2, -0.15) is 0 Å². The summed E-state index contributed by atoms with van der Waals surface area (Å²) < 4.78 is 26.8. The number of hydrogen-bond acceptors (Lipinski definition) is 2. The number of hydrogen-bond donors (Lipinski definition) is 2. The minimum absolute atomic E-state index is 0.119. The van der Waals surface area contributed by atoms with E-state index >= 15 is 0 Å². The summed E-state index contributed by atoms with van der Waals surface area (Å²) in [6.07, 6.45) is 0.622. The summed E-state index contributed by atoms with van der Waals surface area (Å²) >= 11 is 0. The Kier molecular flexibility index (Phi) is 3.04. The average Bonchev–Trinajstić information content (AvgIpc) is 2.74. The Morgan fingerprint density at radius 1 is 1.29 bits per heavy atom. The lowest BCUT2D eigenvalue weighted by Crippen LogP contribution is -2.32. The second-order valence-electron chi connectivity index (χ2n) is 6.06. The number of H-pyrrole nitrogens is 1. The highest BCUT2D eigenvalue weighted by Crippen LogP contribution is 2.28. The predicted molar refractivity (Wildman–Crippen MR) is 73.8 cm³/mol. The topological polar surface area (TPSA) is 57.8 Å². The summed E-state index contributed by atoms with van der Waals surface area (Å²) in [6, 6.07) is 3.27. The van der Waals surface area contributed by atoms with E-state index in [9.17, 15) is 13.6 Å². The first-order valence-electron chi connectivity index (χ1n) is 6.68. The minimum Gasteiger partial charge on any atom is -0.350 e. The number of carbonyl (C=O) groups excluding carboxylic acids is 1. The number of imidazole rings is 1. The van der Waals surface area contributed by atoms with E-state index in [1.54, 1.807) is 0 Å². The fourth-order valence-electron chi connectivity index (χ4n) is 2.48. The zero-order chi connectivity index (χ0) is 15.2. The standard InChI is InChI=1S/C15H15F2N3O/c1-15(2)6-11-12(14(21)18-7-15)20-13(19-11)9-4-3-8(16)5-10(9)17/h3-5H,6-7H2,1-2H3,(H,18,21)(H,19,20). The highest BCUT2D eigenvalue weighted by atomic mass is 19.1. The van der Waals surface area contributed by atoms with Crippen molar-refractivity contribution in [2.45, 2.75) is 20.3 Å². The van der Waals surface area contributed by atoms with Crippen LogP contribution in [-0.4, -0.2) is 22.4 Å². The van der Waals surface area contributed by atoms with Crippen LogP contribution in [0.2, 0.25) is 0 Å². The Balaban J connectivity index is 2.08. The Morgan fingerprint density at radius 3 is 2.76 bits per heavy atom. The summed E-state index contributed by atoms with van der Waals surface area (Å²) in [4.78, 5) is 19.2. The number of carbonyl (C=O) groups is 1. The van der Waals surface area contributed by atoms with Gasteiger partial charge in [-0.15, -0.1) is 0 Å².